The van der Waals surface area contributed by atoms with E-state index in [1.807, 2.05) is 67.6 Å². The van der Waals surface area contributed by atoms with E-state index in [0.717, 1.165) is 65.9 Å². The molecule has 0 aliphatic heterocycles. The van der Waals surface area contributed by atoms with E-state index < -0.39 is 0 Å². The van der Waals surface area contributed by atoms with Gasteiger partial charge in [0.15, 0.2) is 5.82 Å². The van der Waals surface area contributed by atoms with Crippen molar-refractivity contribution in [1.29, 1.82) is 10.5 Å². The summed E-state index contributed by atoms with van der Waals surface area (Å²) in [6.45, 7) is 4.02. The lowest BCUT2D eigenvalue weighted by Crippen LogP contribution is -2.23. The molecule has 1 saturated carbocycles. The Labute approximate surface area is 282 Å². The lowest BCUT2D eigenvalue weighted by Gasteiger charge is -2.20. The molecule has 4 atom stereocenters. The quantitative estimate of drug-likeness (QED) is 0.166. The second-order valence-corrected chi connectivity index (χ2v) is 12.9. The number of anilines is 1. The van der Waals surface area contributed by atoms with Gasteiger partial charge in [-0.1, -0.05) is 69.2 Å². The Bertz CT molecular complexity index is 1790. The Kier molecular flexibility index (Phi) is 11.7. The summed E-state index contributed by atoms with van der Waals surface area (Å²) in [5.74, 6) is 0.725. The van der Waals surface area contributed by atoms with E-state index in [0.29, 0.717) is 17.8 Å². The van der Waals surface area contributed by atoms with Gasteiger partial charge in [-0.3, -0.25) is 9.59 Å². The molecule has 1 aliphatic carbocycles. The van der Waals surface area contributed by atoms with Crippen molar-refractivity contribution in [2.75, 3.05) is 5.32 Å². The summed E-state index contributed by atoms with van der Waals surface area (Å²) in [5, 5.41) is 39.3. The summed E-state index contributed by atoms with van der Waals surface area (Å²) in [6, 6.07) is 27.0. The van der Waals surface area contributed by atoms with E-state index >= 15 is 0 Å². The van der Waals surface area contributed by atoms with Crippen LogP contribution >= 0.6 is 0 Å². The van der Waals surface area contributed by atoms with Crippen molar-refractivity contribution in [3.05, 3.63) is 112 Å². The van der Waals surface area contributed by atoms with Crippen molar-refractivity contribution in [3.63, 3.8) is 0 Å². The molecule has 4 unspecified atom stereocenters. The van der Waals surface area contributed by atoms with Gasteiger partial charge >= 0.3 is 0 Å². The summed E-state index contributed by atoms with van der Waals surface area (Å²) < 4.78 is 0. The normalized spacial score (nSPS) is 17.2. The van der Waals surface area contributed by atoms with E-state index in [1.54, 1.807) is 6.07 Å². The first-order valence-electron chi connectivity index (χ1n) is 16.7. The minimum Gasteiger partial charge on any atom is -0.309 e. The molecule has 0 spiro atoms. The van der Waals surface area contributed by atoms with Crippen LogP contribution in [0.2, 0.25) is 0 Å². The predicted octanol–water partition coefficient (Wildman–Crippen LogP) is 6.84. The number of amides is 1. The van der Waals surface area contributed by atoms with Gasteiger partial charge in [0.2, 0.25) is 5.91 Å². The standard InChI is InChI=1S/C39H41N7O2/c1-26(27(2)37(47)23-29-10-5-8-14-33(29)25-41)21-34-15-16-35(44-43-34)31-12-6-7-13-32(22-31)36-17-18-38(46-45-36)42-39(48)24-30-11-4-3-9-28(30)19-20-40/h3-5,8-11,14-18,26-27,31-32H,6-7,12-13,19,21-24H2,1-2H3,(H,42,46,48). The molecule has 2 aromatic heterocycles. The molecule has 0 radical (unpaired) electrons. The van der Waals surface area contributed by atoms with Gasteiger partial charge < -0.3 is 5.32 Å². The maximum absolute atomic E-state index is 13.0. The smallest absolute Gasteiger partial charge is 0.230 e. The number of rotatable bonds is 12. The van der Waals surface area contributed by atoms with Crippen LogP contribution in [0.15, 0.2) is 72.8 Å². The summed E-state index contributed by atoms with van der Waals surface area (Å²) in [4.78, 5) is 25.7. The third kappa shape index (κ3) is 8.95. The van der Waals surface area contributed by atoms with Crippen LogP contribution in [0.4, 0.5) is 5.82 Å². The molecule has 1 amide bonds. The molecule has 5 rings (SSSR count). The van der Waals surface area contributed by atoms with Crippen LogP contribution in [-0.4, -0.2) is 32.1 Å². The minimum absolute atomic E-state index is 0.0832. The number of hydrogen-bond acceptors (Lipinski definition) is 8. The number of hydrogen-bond donors (Lipinski definition) is 1. The van der Waals surface area contributed by atoms with Crippen molar-refractivity contribution in [2.24, 2.45) is 11.8 Å². The van der Waals surface area contributed by atoms with Gasteiger partial charge in [0, 0.05) is 24.2 Å². The maximum Gasteiger partial charge on any atom is 0.230 e. The number of nitrogens with one attached hydrogen (secondary N) is 1. The topological polar surface area (TPSA) is 145 Å². The molecule has 0 saturated heterocycles. The highest BCUT2D eigenvalue weighted by atomic mass is 16.1. The molecule has 244 valence electrons. The molecule has 1 N–H and O–H groups in total. The average molecular weight is 640 g/mol. The SMILES string of the molecule is CC(Cc1ccc(C2CCCCC(c3ccc(NC(=O)Cc4ccccc4CC#N)nn3)C2)nn1)C(C)C(=O)Cc1ccccc1C#N. The molecule has 4 aromatic rings. The van der Waals surface area contributed by atoms with Crippen LogP contribution in [-0.2, 0) is 35.3 Å². The Morgan fingerprint density at radius 2 is 1.44 bits per heavy atom. The van der Waals surface area contributed by atoms with E-state index in [-0.39, 0.29) is 54.6 Å². The number of ketones is 1. The van der Waals surface area contributed by atoms with E-state index in [4.69, 9.17) is 5.26 Å². The van der Waals surface area contributed by atoms with Crippen molar-refractivity contribution in [1.82, 2.24) is 20.4 Å². The summed E-state index contributed by atoms with van der Waals surface area (Å²) in [5.41, 5.74) is 5.76. The average Bonchev–Trinajstić information content (AvgIpc) is 3.36. The van der Waals surface area contributed by atoms with Gasteiger partial charge in [-0.2, -0.15) is 25.8 Å². The number of carbonyl (C=O) groups excluding carboxylic acids is 2. The summed E-state index contributed by atoms with van der Waals surface area (Å²) in [7, 11) is 0. The molecular weight excluding hydrogens is 598 g/mol. The molecule has 48 heavy (non-hydrogen) atoms. The third-order valence-corrected chi connectivity index (χ3v) is 9.59. The molecule has 9 heteroatoms. The second-order valence-electron chi connectivity index (χ2n) is 12.9. The van der Waals surface area contributed by atoms with Gasteiger partial charge in [-0.15, -0.1) is 5.10 Å². The van der Waals surface area contributed by atoms with Crippen molar-refractivity contribution < 1.29 is 9.59 Å². The van der Waals surface area contributed by atoms with Gasteiger partial charge in [0.05, 0.1) is 47.6 Å². The number of nitriles is 2. The Morgan fingerprint density at radius 3 is 2.06 bits per heavy atom. The van der Waals surface area contributed by atoms with Crippen LogP contribution in [0.1, 0.15) is 97.1 Å². The third-order valence-electron chi connectivity index (χ3n) is 9.59. The van der Waals surface area contributed by atoms with Crippen molar-refractivity contribution >= 4 is 17.5 Å². The number of carbonyl (C=O) groups is 2. The van der Waals surface area contributed by atoms with Crippen LogP contribution in [0, 0.1) is 34.5 Å². The molecule has 2 aromatic carbocycles. The first-order valence-corrected chi connectivity index (χ1v) is 16.7. The second kappa shape index (κ2) is 16.5. The largest absolute Gasteiger partial charge is 0.309 e. The molecule has 0 bridgehead atoms. The molecule has 1 fully saturated rings. The fourth-order valence-electron chi connectivity index (χ4n) is 6.53. The monoisotopic (exact) mass is 639 g/mol. The number of nitrogens with zero attached hydrogens (tertiary/aromatic N) is 6. The van der Waals surface area contributed by atoms with Gasteiger partial charge in [0.25, 0.3) is 0 Å². The van der Waals surface area contributed by atoms with E-state index in [9.17, 15) is 14.9 Å². The molecule has 9 nitrogen and oxygen atoms in total. The summed E-state index contributed by atoms with van der Waals surface area (Å²) >= 11 is 0. The van der Waals surface area contributed by atoms with Crippen LogP contribution < -0.4 is 5.32 Å². The highest BCUT2D eigenvalue weighted by Crippen LogP contribution is 2.38. The molecule has 1 aliphatic rings. The first-order chi connectivity index (χ1) is 23.3. The lowest BCUT2D eigenvalue weighted by molar-refractivity contribution is -0.123. The minimum atomic E-state index is -0.198. The highest BCUT2D eigenvalue weighted by Gasteiger charge is 2.26. The zero-order chi connectivity index (χ0) is 33.9. The van der Waals surface area contributed by atoms with Crippen LogP contribution in [0.3, 0.4) is 0 Å². The van der Waals surface area contributed by atoms with Gasteiger partial charge in [-0.25, -0.2) is 0 Å². The highest BCUT2D eigenvalue weighted by molar-refractivity contribution is 5.91. The van der Waals surface area contributed by atoms with E-state index in [2.05, 4.69) is 50.8 Å². The number of Topliss-reactive ketones (excluding diaryl/α,β-unsaturated/α-hetero) is 1. The first kappa shape index (κ1) is 34.1. The Hall–Kier alpha value is -5.28. The maximum atomic E-state index is 13.0. The van der Waals surface area contributed by atoms with Gasteiger partial charge in [-0.05, 0) is 78.6 Å². The fraction of sp³-hybridized carbons (Fsp3) is 0.385. The zero-order valence-electron chi connectivity index (χ0n) is 27.6. The zero-order valence-corrected chi connectivity index (χ0v) is 27.6. The Balaban J connectivity index is 1.15. The summed E-state index contributed by atoms with van der Waals surface area (Å²) in [6.07, 6.45) is 6.48. The lowest BCUT2D eigenvalue weighted by atomic mass is 9.85. The number of benzene rings is 2. The predicted molar refractivity (Wildman–Crippen MR) is 183 cm³/mol. The Morgan fingerprint density at radius 1 is 0.792 bits per heavy atom. The number of aromatic nitrogens is 4. The molecule has 2 heterocycles. The van der Waals surface area contributed by atoms with Crippen LogP contribution in [0.25, 0.3) is 0 Å². The van der Waals surface area contributed by atoms with Crippen molar-refractivity contribution in [2.45, 2.75) is 83.5 Å². The molecular formula is C39H41N7O2. The van der Waals surface area contributed by atoms with Crippen molar-refractivity contribution in [3.8, 4) is 12.1 Å². The van der Waals surface area contributed by atoms with Crippen LogP contribution in [0.5, 0.6) is 0 Å². The van der Waals surface area contributed by atoms with E-state index in [1.165, 1.54) is 0 Å². The fourth-order valence-corrected chi connectivity index (χ4v) is 6.53. The van der Waals surface area contributed by atoms with Gasteiger partial charge in [0.1, 0.15) is 5.78 Å².